The molecule has 0 aliphatic carbocycles. The molecule has 0 radical (unpaired) electrons. The highest BCUT2D eigenvalue weighted by Crippen LogP contribution is 2.09. The third kappa shape index (κ3) is 3.58. The predicted octanol–water partition coefficient (Wildman–Crippen LogP) is 0.661. The van der Waals surface area contributed by atoms with Crippen LogP contribution in [0.1, 0.15) is 18.4 Å². The van der Waals surface area contributed by atoms with E-state index in [4.69, 9.17) is 10.2 Å². The number of hydrogen-bond donors (Lipinski definition) is 1. The maximum Gasteiger partial charge on any atom is 0.236 e. The third-order valence-electron chi connectivity index (χ3n) is 3.42. The first-order valence-electron chi connectivity index (χ1n) is 6.38. The summed E-state index contributed by atoms with van der Waals surface area (Å²) in [6, 6.07) is 2.18. The van der Waals surface area contributed by atoms with Gasteiger partial charge in [0.15, 0.2) is 0 Å². The van der Waals surface area contributed by atoms with E-state index in [1.165, 1.54) is 0 Å². The summed E-state index contributed by atoms with van der Waals surface area (Å²) < 4.78 is 4.99. The number of likely N-dealkylation sites (N-methyl/N-ethyl adjacent to an activating group) is 1. The fraction of sp³-hybridized carbons (Fsp3) is 0.615. The number of likely N-dealkylation sites (tertiary alicyclic amines) is 1. The maximum absolute atomic E-state index is 12.0. The lowest BCUT2D eigenvalue weighted by Gasteiger charge is -2.30. The Morgan fingerprint density at radius 2 is 2.28 bits per heavy atom. The molecule has 0 unspecified atom stereocenters. The topological polar surface area (TPSA) is 62.7 Å². The van der Waals surface area contributed by atoms with Crippen LogP contribution in [-0.2, 0) is 11.3 Å². The molecule has 5 heteroatoms. The monoisotopic (exact) mass is 251 g/mol. The summed E-state index contributed by atoms with van der Waals surface area (Å²) in [6.45, 7) is 2.93. The zero-order valence-corrected chi connectivity index (χ0v) is 10.8. The molecule has 1 aromatic rings. The Labute approximate surface area is 108 Å². The summed E-state index contributed by atoms with van der Waals surface area (Å²) in [5, 5.41) is 0. The Hall–Kier alpha value is -1.33. The molecule has 18 heavy (non-hydrogen) atoms. The SMILES string of the molecule is CN(Cc1ccoc1)C(=O)CN1CCC(N)CC1. The molecule has 1 fully saturated rings. The van der Waals surface area contributed by atoms with Crippen LogP contribution < -0.4 is 5.73 Å². The van der Waals surface area contributed by atoms with Crippen LogP contribution >= 0.6 is 0 Å². The minimum atomic E-state index is 0.145. The quantitative estimate of drug-likeness (QED) is 0.854. The molecule has 100 valence electrons. The lowest BCUT2D eigenvalue weighted by Crippen LogP contribution is -2.44. The lowest BCUT2D eigenvalue weighted by atomic mass is 10.1. The number of furan rings is 1. The molecule has 5 nitrogen and oxygen atoms in total. The Kier molecular flexibility index (Phi) is 4.38. The van der Waals surface area contributed by atoms with Crippen LogP contribution in [0.25, 0.3) is 0 Å². The van der Waals surface area contributed by atoms with Gasteiger partial charge in [-0.25, -0.2) is 0 Å². The van der Waals surface area contributed by atoms with Crippen molar-refractivity contribution in [2.75, 3.05) is 26.7 Å². The van der Waals surface area contributed by atoms with Gasteiger partial charge in [0.25, 0.3) is 0 Å². The summed E-state index contributed by atoms with van der Waals surface area (Å²) in [6.07, 6.45) is 5.26. The Bertz CT molecular complexity index is 370. The Morgan fingerprint density at radius 3 is 2.89 bits per heavy atom. The van der Waals surface area contributed by atoms with E-state index in [2.05, 4.69) is 4.90 Å². The summed E-state index contributed by atoms with van der Waals surface area (Å²) in [7, 11) is 1.82. The third-order valence-corrected chi connectivity index (χ3v) is 3.42. The van der Waals surface area contributed by atoms with Crippen molar-refractivity contribution in [3.8, 4) is 0 Å². The highest BCUT2D eigenvalue weighted by atomic mass is 16.3. The fourth-order valence-electron chi connectivity index (χ4n) is 2.17. The molecule has 0 aromatic carbocycles. The standard InChI is InChI=1S/C13H21N3O2/c1-15(8-11-4-7-18-10-11)13(17)9-16-5-2-12(14)3-6-16/h4,7,10,12H,2-3,5-6,8-9,14H2,1H3. The number of carbonyl (C=O) groups excluding carboxylic acids is 1. The van der Waals surface area contributed by atoms with Gasteiger partial charge in [-0.15, -0.1) is 0 Å². The number of carbonyl (C=O) groups is 1. The van der Waals surface area contributed by atoms with Crippen LogP contribution in [0.3, 0.4) is 0 Å². The first kappa shape index (κ1) is 13.1. The van der Waals surface area contributed by atoms with Gasteiger partial charge in [-0.05, 0) is 18.9 Å². The van der Waals surface area contributed by atoms with Crippen molar-refractivity contribution < 1.29 is 9.21 Å². The molecule has 1 aliphatic heterocycles. The van der Waals surface area contributed by atoms with Gasteiger partial charge in [0.2, 0.25) is 5.91 Å². The van der Waals surface area contributed by atoms with Gasteiger partial charge >= 0.3 is 0 Å². The molecule has 1 saturated heterocycles. The molecule has 0 spiro atoms. The average Bonchev–Trinajstić information content (AvgIpc) is 2.85. The van der Waals surface area contributed by atoms with Gasteiger partial charge in [0, 0.05) is 38.3 Å². The van der Waals surface area contributed by atoms with Gasteiger partial charge in [0.1, 0.15) is 0 Å². The van der Waals surface area contributed by atoms with Gasteiger partial charge in [0.05, 0.1) is 19.1 Å². The van der Waals surface area contributed by atoms with Crippen molar-refractivity contribution in [3.63, 3.8) is 0 Å². The average molecular weight is 251 g/mol. The van der Waals surface area contributed by atoms with E-state index in [0.717, 1.165) is 31.5 Å². The van der Waals surface area contributed by atoms with Crippen molar-refractivity contribution in [1.82, 2.24) is 9.80 Å². The van der Waals surface area contributed by atoms with Crippen molar-refractivity contribution in [2.24, 2.45) is 5.73 Å². The predicted molar refractivity (Wildman–Crippen MR) is 68.8 cm³/mol. The van der Waals surface area contributed by atoms with Crippen molar-refractivity contribution in [3.05, 3.63) is 24.2 Å². The molecule has 2 rings (SSSR count). The molecule has 0 atom stereocenters. The first-order valence-corrected chi connectivity index (χ1v) is 6.38. The summed E-state index contributed by atoms with van der Waals surface area (Å²) in [5.74, 6) is 0.145. The molecule has 2 heterocycles. The first-order chi connectivity index (χ1) is 8.65. The highest BCUT2D eigenvalue weighted by molar-refractivity contribution is 5.78. The van der Waals surface area contributed by atoms with Crippen LogP contribution in [0.2, 0.25) is 0 Å². The van der Waals surface area contributed by atoms with E-state index in [0.29, 0.717) is 19.1 Å². The minimum absolute atomic E-state index is 0.145. The normalized spacial score (nSPS) is 17.9. The zero-order chi connectivity index (χ0) is 13.0. The van der Waals surface area contributed by atoms with E-state index in [9.17, 15) is 4.79 Å². The lowest BCUT2D eigenvalue weighted by molar-refractivity contribution is -0.131. The van der Waals surface area contributed by atoms with Crippen molar-refractivity contribution in [1.29, 1.82) is 0 Å². The van der Waals surface area contributed by atoms with Crippen molar-refractivity contribution >= 4 is 5.91 Å². The van der Waals surface area contributed by atoms with Crippen LogP contribution in [0, 0.1) is 0 Å². The number of amides is 1. The molecule has 0 saturated carbocycles. The number of nitrogens with zero attached hydrogens (tertiary/aromatic N) is 2. The van der Waals surface area contributed by atoms with E-state index < -0.39 is 0 Å². The van der Waals surface area contributed by atoms with E-state index >= 15 is 0 Å². The Balaban J connectivity index is 1.77. The van der Waals surface area contributed by atoms with Gasteiger partial charge in [-0.3, -0.25) is 9.69 Å². The minimum Gasteiger partial charge on any atom is -0.472 e. The van der Waals surface area contributed by atoms with E-state index in [1.54, 1.807) is 17.4 Å². The largest absolute Gasteiger partial charge is 0.472 e. The highest BCUT2D eigenvalue weighted by Gasteiger charge is 2.19. The fourth-order valence-corrected chi connectivity index (χ4v) is 2.17. The summed E-state index contributed by atoms with van der Waals surface area (Å²) in [5.41, 5.74) is 6.87. The van der Waals surface area contributed by atoms with Gasteiger partial charge in [-0.1, -0.05) is 0 Å². The van der Waals surface area contributed by atoms with Gasteiger partial charge < -0.3 is 15.1 Å². The second-order valence-electron chi connectivity index (χ2n) is 4.99. The number of piperidine rings is 1. The van der Waals surface area contributed by atoms with Crippen LogP contribution in [0.15, 0.2) is 23.0 Å². The second-order valence-corrected chi connectivity index (χ2v) is 4.99. The molecular formula is C13H21N3O2. The number of nitrogens with two attached hydrogens (primary N) is 1. The van der Waals surface area contributed by atoms with E-state index in [-0.39, 0.29) is 5.91 Å². The zero-order valence-electron chi connectivity index (χ0n) is 10.8. The second kappa shape index (κ2) is 6.02. The molecule has 0 bridgehead atoms. The Morgan fingerprint density at radius 1 is 1.56 bits per heavy atom. The van der Waals surface area contributed by atoms with Crippen LogP contribution in [0.5, 0.6) is 0 Å². The molecule has 1 amide bonds. The maximum atomic E-state index is 12.0. The van der Waals surface area contributed by atoms with Crippen LogP contribution in [0.4, 0.5) is 0 Å². The molecule has 2 N–H and O–H groups in total. The molecule has 1 aromatic heterocycles. The van der Waals surface area contributed by atoms with Crippen molar-refractivity contribution in [2.45, 2.75) is 25.4 Å². The summed E-state index contributed by atoms with van der Waals surface area (Å²) >= 11 is 0. The number of hydrogen-bond acceptors (Lipinski definition) is 4. The number of rotatable bonds is 4. The smallest absolute Gasteiger partial charge is 0.236 e. The summed E-state index contributed by atoms with van der Waals surface area (Å²) in [4.78, 5) is 16.0. The molecule has 1 aliphatic rings. The molecular weight excluding hydrogens is 230 g/mol. The van der Waals surface area contributed by atoms with Gasteiger partial charge in [-0.2, -0.15) is 0 Å². The van der Waals surface area contributed by atoms with Crippen LogP contribution in [-0.4, -0.2) is 48.4 Å². The van der Waals surface area contributed by atoms with E-state index in [1.807, 2.05) is 13.1 Å².